The molecule has 1 amide bonds. The number of aromatic nitrogens is 1. The molecule has 0 saturated heterocycles. The number of hydrogen-bond acceptors (Lipinski definition) is 3. The van der Waals surface area contributed by atoms with Crippen molar-refractivity contribution in [3.8, 4) is 5.69 Å². The van der Waals surface area contributed by atoms with E-state index >= 15 is 0 Å². The second-order valence-corrected chi connectivity index (χ2v) is 8.26. The number of thioether (sulfide) groups is 1. The number of para-hydroxylation sites is 1. The highest BCUT2D eigenvalue weighted by Gasteiger charge is 2.09. The molecular formula is C24H27N3OS. The van der Waals surface area contributed by atoms with Gasteiger partial charge in [-0.25, -0.2) is 5.43 Å². The second-order valence-electron chi connectivity index (χ2n) is 7.28. The largest absolute Gasteiger partial charge is 0.318 e. The molecule has 1 heterocycles. The second kappa shape index (κ2) is 9.61. The van der Waals surface area contributed by atoms with Crippen LogP contribution in [0, 0.1) is 27.7 Å². The molecule has 0 aliphatic rings. The third-order valence-electron chi connectivity index (χ3n) is 4.66. The van der Waals surface area contributed by atoms with E-state index in [-0.39, 0.29) is 5.91 Å². The lowest BCUT2D eigenvalue weighted by atomic mass is 10.1. The van der Waals surface area contributed by atoms with E-state index < -0.39 is 0 Å². The number of rotatable bonds is 7. The molecule has 1 N–H and O–H groups in total. The van der Waals surface area contributed by atoms with Gasteiger partial charge < -0.3 is 4.57 Å². The third kappa shape index (κ3) is 5.61. The minimum atomic E-state index is -0.0903. The van der Waals surface area contributed by atoms with Gasteiger partial charge >= 0.3 is 0 Å². The van der Waals surface area contributed by atoms with Crippen molar-refractivity contribution in [2.45, 2.75) is 33.4 Å². The van der Waals surface area contributed by atoms with Crippen molar-refractivity contribution in [1.29, 1.82) is 0 Å². The van der Waals surface area contributed by atoms with E-state index in [1.54, 1.807) is 18.0 Å². The van der Waals surface area contributed by atoms with Gasteiger partial charge in [-0.1, -0.05) is 47.5 Å². The van der Waals surface area contributed by atoms with Gasteiger partial charge in [0.1, 0.15) is 0 Å². The fourth-order valence-electron chi connectivity index (χ4n) is 3.51. The maximum absolute atomic E-state index is 12.1. The van der Waals surface area contributed by atoms with Crippen LogP contribution in [-0.2, 0) is 10.5 Å². The highest BCUT2D eigenvalue weighted by molar-refractivity contribution is 7.99. The summed E-state index contributed by atoms with van der Waals surface area (Å²) in [6.45, 7) is 8.32. The van der Waals surface area contributed by atoms with Crippen LogP contribution in [0.15, 0.2) is 59.7 Å². The van der Waals surface area contributed by atoms with Gasteiger partial charge in [-0.05, 0) is 51.5 Å². The van der Waals surface area contributed by atoms with Crippen molar-refractivity contribution in [2.75, 3.05) is 5.75 Å². The smallest absolute Gasteiger partial charge is 0.250 e. The van der Waals surface area contributed by atoms with Crippen molar-refractivity contribution in [3.05, 3.63) is 88.2 Å². The zero-order valence-electron chi connectivity index (χ0n) is 17.4. The number of carbonyl (C=O) groups is 1. The lowest BCUT2D eigenvalue weighted by molar-refractivity contribution is -0.118. The quantitative estimate of drug-likeness (QED) is 0.439. The van der Waals surface area contributed by atoms with Gasteiger partial charge in [-0.2, -0.15) is 5.10 Å². The number of nitrogens with one attached hydrogen (secondary N) is 1. The molecule has 0 saturated carbocycles. The average molecular weight is 406 g/mol. The van der Waals surface area contributed by atoms with Gasteiger partial charge in [-0.15, -0.1) is 11.8 Å². The summed E-state index contributed by atoms with van der Waals surface area (Å²) in [5.74, 6) is 1.11. The van der Waals surface area contributed by atoms with Crippen LogP contribution in [0.5, 0.6) is 0 Å². The van der Waals surface area contributed by atoms with E-state index in [0.29, 0.717) is 5.75 Å². The molecule has 2 aromatic carbocycles. The van der Waals surface area contributed by atoms with Crippen LogP contribution < -0.4 is 5.43 Å². The molecule has 0 atom stereocenters. The van der Waals surface area contributed by atoms with Gasteiger partial charge in [-0.3, -0.25) is 4.79 Å². The third-order valence-corrected chi connectivity index (χ3v) is 5.66. The van der Waals surface area contributed by atoms with Crippen molar-refractivity contribution in [1.82, 2.24) is 9.99 Å². The number of hydrogen-bond donors (Lipinski definition) is 1. The SMILES string of the molecule is Cc1cc(C)cc(CSCC(=O)N/N=C\c2cc(C)n(-c3ccccc3)c2C)c1. The standard InChI is InChI=1S/C24H27N3OS/c1-17-10-18(2)12-21(11-17)15-29-16-24(28)26-25-14-22-13-19(3)27(20(22)4)23-8-6-5-7-9-23/h5-14H,15-16H2,1-4H3,(H,26,28)/b25-14-. The summed E-state index contributed by atoms with van der Waals surface area (Å²) in [7, 11) is 0. The first-order valence-corrected chi connectivity index (χ1v) is 10.8. The van der Waals surface area contributed by atoms with E-state index in [0.717, 1.165) is 28.4 Å². The summed E-state index contributed by atoms with van der Waals surface area (Å²) in [5, 5.41) is 4.15. The molecule has 0 fully saturated rings. The lowest BCUT2D eigenvalue weighted by Crippen LogP contribution is -2.19. The fourth-order valence-corrected chi connectivity index (χ4v) is 4.27. The predicted molar refractivity (Wildman–Crippen MR) is 123 cm³/mol. The summed E-state index contributed by atoms with van der Waals surface area (Å²) < 4.78 is 2.18. The van der Waals surface area contributed by atoms with E-state index in [4.69, 9.17) is 0 Å². The average Bonchev–Trinajstić information content (AvgIpc) is 2.95. The monoisotopic (exact) mass is 405 g/mol. The number of hydrazone groups is 1. The number of benzene rings is 2. The van der Waals surface area contributed by atoms with Crippen molar-refractivity contribution in [3.63, 3.8) is 0 Å². The Bertz CT molecular complexity index is 1000. The predicted octanol–water partition coefficient (Wildman–Crippen LogP) is 5.09. The van der Waals surface area contributed by atoms with Crippen molar-refractivity contribution in [2.24, 2.45) is 5.10 Å². The molecule has 150 valence electrons. The molecule has 5 heteroatoms. The molecule has 1 aromatic heterocycles. The van der Waals surface area contributed by atoms with Gasteiger partial charge in [0.15, 0.2) is 0 Å². The molecule has 3 aromatic rings. The zero-order chi connectivity index (χ0) is 20.8. The van der Waals surface area contributed by atoms with Gasteiger partial charge in [0, 0.05) is 28.4 Å². The Balaban J connectivity index is 1.54. The maximum Gasteiger partial charge on any atom is 0.250 e. The minimum absolute atomic E-state index is 0.0903. The van der Waals surface area contributed by atoms with Gasteiger partial charge in [0.05, 0.1) is 12.0 Å². The molecule has 3 rings (SSSR count). The van der Waals surface area contributed by atoms with Crippen LogP contribution in [-0.4, -0.2) is 22.4 Å². The van der Waals surface area contributed by atoms with Crippen molar-refractivity contribution < 1.29 is 4.79 Å². The molecule has 0 radical (unpaired) electrons. The Morgan fingerprint density at radius 1 is 1.03 bits per heavy atom. The number of amides is 1. The summed E-state index contributed by atoms with van der Waals surface area (Å²) in [5.41, 5.74) is 10.7. The molecule has 0 aliphatic carbocycles. The Kier molecular flexibility index (Phi) is 6.94. The lowest BCUT2D eigenvalue weighted by Gasteiger charge is -2.09. The number of aryl methyl sites for hydroxylation is 3. The molecule has 0 spiro atoms. The highest BCUT2D eigenvalue weighted by Crippen LogP contribution is 2.19. The van der Waals surface area contributed by atoms with Crippen LogP contribution in [0.4, 0.5) is 0 Å². The molecule has 0 unspecified atom stereocenters. The molecule has 4 nitrogen and oxygen atoms in total. The summed E-state index contributed by atoms with van der Waals surface area (Å²) in [6.07, 6.45) is 1.72. The van der Waals surface area contributed by atoms with Gasteiger partial charge in [0.25, 0.3) is 0 Å². The first-order valence-electron chi connectivity index (χ1n) is 9.65. The summed E-state index contributed by atoms with van der Waals surface area (Å²) >= 11 is 1.60. The van der Waals surface area contributed by atoms with Crippen LogP contribution in [0.2, 0.25) is 0 Å². The molecule has 0 aliphatic heterocycles. The highest BCUT2D eigenvalue weighted by atomic mass is 32.2. The van der Waals surface area contributed by atoms with E-state index in [2.05, 4.69) is 79.2 Å². The van der Waals surface area contributed by atoms with Crippen LogP contribution in [0.3, 0.4) is 0 Å². The molecular weight excluding hydrogens is 378 g/mol. The van der Waals surface area contributed by atoms with E-state index in [1.807, 2.05) is 18.2 Å². The van der Waals surface area contributed by atoms with Crippen LogP contribution in [0.1, 0.15) is 33.6 Å². The maximum atomic E-state index is 12.1. The van der Waals surface area contributed by atoms with E-state index in [1.165, 1.54) is 16.7 Å². The van der Waals surface area contributed by atoms with Crippen molar-refractivity contribution >= 4 is 23.9 Å². The summed E-state index contributed by atoms with van der Waals surface area (Å²) in [6, 6.07) is 18.8. The summed E-state index contributed by atoms with van der Waals surface area (Å²) in [4.78, 5) is 12.1. The Hall–Kier alpha value is -2.79. The van der Waals surface area contributed by atoms with Crippen LogP contribution in [0.25, 0.3) is 5.69 Å². The fraction of sp³-hybridized carbons (Fsp3) is 0.250. The first-order chi connectivity index (χ1) is 13.9. The van der Waals surface area contributed by atoms with Gasteiger partial charge in [0.2, 0.25) is 5.91 Å². The Morgan fingerprint density at radius 2 is 1.72 bits per heavy atom. The minimum Gasteiger partial charge on any atom is -0.318 e. The Labute approximate surface area is 177 Å². The zero-order valence-corrected chi connectivity index (χ0v) is 18.2. The number of carbonyl (C=O) groups excluding carboxylic acids is 1. The number of nitrogens with zero attached hydrogens (tertiary/aromatic N) is 2. The molecule has 29 heavy (non-hydrogen) atoms. The molecule has 0 bridgehead atoms. The van der Waals surface area contributed by atoms with E-state index in [9.17, 15) is 4.79 Å². The normalized spacial score (nSPS) is 11.2. The topological polar surface area (TPSA) is 46.4 Å². The van der Waals surface area contributed by atoms with Crippen LogP contribution >= 0.6 is 11.8 Å². The Morgan fingerprint density at radius 3 is 2.41 bits per heavy atom. The first kappa shape index (κ1) is 20.9.